The summed E-state index contributed by atoms with van der Waals surface area (Å²) in [5, 5.41) is 12.0. The van der Waals surface area contributed by atoms with Gasteiger partial charge in [-0.1, -0.05) is 194 Å². The summed E-state index contributed by atoms with van der Waals surface area (Å²) in [6, 6.07) is 111. The van der Waals surface area contributed by atoms with Gasteiger partial charge in [-0.3, -0.25) is 0 Å². The van der Waals surface area contributed by atoms with Crippen LogP contribution in [0.2, 0.25) is 0 Å². The van der Waals surface area contributed by atoms with Crippen molar-refractivity contribution in [3.05, 3.63) is 303 Å². The number of rotatable bonds is 10. The van der Waals surface area contributed by atoms with Gasteiger partial charge in [0.25, 0.3) is 0 Å². The highest BCUT2D eigenvalue weighted by atomic mass is 15.2. The van der Waals surface area contributed by atoms with E-state index in [9.17, 15) is 0 Å². The van der Waals surface area contributed by atoms with Crippen molar-refractivity contribution < 1.29 is 0 Å². The van der Waals surface area contributed by atoms with E-state index in [1.807, 2.05) is 0 Å². The number of anilines is 6. The summed E-state index contributed by atoms with van der Waals surface area (Å²) in [7, 11) is 0. The Bertz CT molecular complexity index is 4400. The first-order chi connectivity index (χ1) is 38.7. The average molecular weight is 995 g/mol. The van der Waals surface area contributed by atoms with Crippen molar-refractivity contribution in [1.29, 1.82) is 0 Å². The minimum absolute atomic E-state index is 1.08. The van der Waals surface area contributed by atoms with Crippen LogP contribution in [-0.2, 0) is 0 Å². The Labute approximate surface area is 452 Å². The lowest BCUT2D eigenvalue weighted by Gasteiger charge is -2.27. The molecule has 0 saturated heterocycles. The number of hydrogen-bond acceptors (Lipinski definition) is 2. The Kier molecular flexibility index (Phi) is 10.8. The van der Waals surface area contributed by atoms with Gasteiger partial charge in [-0.2, -0.15) is 0 Å². The maximum atomic E-state index is 2.47. The summed E-state index contributed by atoms with van der Waals surface area (Å²) in [4.78, 5) is 4.75. The number of benzene rings is 13. The zero-order valence-corrected chi connectivity index (χ0v) is 42.7. The largest absolute Gasteiger partial charge is 0.310 e. The molecule has 0 aliphatic heterocycles. The van der Waals surface area contributed by atoms with Crippen molar-refractivity contribution in [3.63, 3.8) is 0 Å². The number of nitrogens with zero attached hydrogens (tertiary/aromatic N) is 4. The molecule has 0 fully saturated rings. The van der Waals surface area contributed by atoms with Crippen molar-refractivity contribution >= 4 is 99.0 Å². The van der Waals surface area contributed by atoms with E-state index in [0.29, 0.717) is 0 Å². The van der Waals surface area contributed by atoms with Gasteiger partial charge in [0.15, 0.2) is 0 Å². The molecule has 0 aliphatic carbocycles. The van der Waals surface area contributed by atoms with Crippen LogP contribution in [0.25, 0.3) is 98.8 Å². The third-order valence-corrected chi connectivity index (χ3v) is 15.6. The third kappa shape index (κ3) is 7.61. The van der Waals surface area contributed by atoms with E-state index in [4.69, 9.17) is 0 Å². The van der Waals surface area contributed by atoms with E-state index < -0.39 is 0 Å². The van der Waals surface area contributed by atoms with Gasteiger partial charge in [0.1, 0.15) is 0 Å². The normalized spacial score (nSPS) is 11.6. The molecule has 4 heteroatoms. The molecule has 366 valence electrons. The summed E-state index contributed by atoms with van der Waals surface area (Å²) in [5.74, 6) is 0. The van der Waals surface area contributed by atoms with E-state index in [0.717, 1.165) is 78.7 Å². The molecule has 0 atom stereocenters. The topological polar surface area (TPSA) is 16.3 Å². The van der Waals surface area contributed by atoms with Crippen LogP contribution in [0, 0.1) is 0 Å². The molecule has 2 aromatic heterocycles. The minimum atomic E-state index is 1.08. The number of aromatic nitrogens is 2. The predicted octanol–water partition coefficient (Wildman–Crippen LogP) is 20.5. The quantitative estimate of drug-likeness (QED) is 0.136. The van der Waals surface area contributed by atoms with Gasteiger partial charge in [0, 0.05) is 66.8 Å². The van der Waals surface area contributed by atoms with Crippen LogP contribution in [0.4, 0.5) is 34.1 Å². The Hall–Kier alpha value is -10.4. The number of hydrogen-bond donors (Lipinski definition) is 0. The molecule has 0 unspecified atom stereocenters. The molecule has 0 spiro atoms. The first kappa shape index (κ1) is 45.0. The minimum Gasteiger partial charge on any atom is -0.310 e. The molecule has 15 aromatic rings. The first-order valence-corrected chi connectivity index (χ1v) is 26.7. The van der Waals surface area contributed by atoms with Crippen molar-refractivity contribution in [2.24, 2.45) is 0 Å². The summed E-state index contributed by atoms with van der Waals surface area (Å²) >= 11 is 0. The second kappa shape index (κ2) is 18.7. The fourth-order valence-electron chi connectivity index (χ4n) is 12.1. The van der Waals surface area contributed by atoms with Gasteiger partial charge in [0.2, 0.25) is 0 Å². The van der Waals surface area contributed by atoms with Crippen LogP contribution >= 0.6 is 0 Å². The maximum Gasteiger partial charge on any atom is 0.0547 e. The number of para-hydroxylation sites is 2. The Balaban J connectivity index is 0.935. The molecule has 78 heavy (non-hydrogen) atoms. The molecule has 0 saturated carbocycles. The zero-order chi connectivity index (χ0) is 51.5. The van der Waals surface area contributed by atoms with Crippen molar-refractivity contribution in [3.8, 4) is 33.9 Å². The highest BCUT2D eigenvalue weighted by Gasteiger charge is 2.23. The molecule has 13 aromatic carbocycles. The SMILES string of the molecule is c1ccc(N(c2ccc(-n3c(-c4cccc5ccccc45)cc4cc5c(cc(-c6cccc7ccccc67)n5-c5ccc(N(c6ccccc6)c6cccc7ccccc67)cc5)cc43)cc2)c2cccc3ccccc23)cc1. The second-order valence-electron chi connectivity index (χ2n) is 20.1. The van der Waals surface area contributed by atoms with Crippen LogP contribution in [0.3, 0.4) is 0 Å². The molecular weight excluding hydrogens is 945 g/mol. The second-order valence-corrected chi connectivity index (χ2v) is 20.1. The average Bonchev–Trinajstić information content (AvgIpc) is 4.24. The fourth-order valence-corrected chi connectivity index (χ4v) is 12.1. The van der Waals surface area contributed by atoms with E-state index in [2.05, 4.69) is 322 Å². The maximum absolute atomic E-state index is 2.47. The predicted molar refractivity (Wildman–Crippen MR) is 330 cm³/mol. The van der Waals surface area contributed by atoms with Crippen LogP contribution < -0.4 is 9.80 Å². The molecule has 0 N–H and O–H groups in total. The summed E-state index contributed by atoms with van der Waals surface area (Å²) in [6.45, 7) is 0. The van der Waals surface area contributed by atoms with Gasteiger partial charge in [-0.25, -0.2) is 0 Å². The summed E-state index contributed by atoms with van der Waals surface area (Å²) in [6.07, 6.45) is 0. The summed E-state index contributed by atoms with van der Waals surface area (Å²) in [5.41, 5.74) is 15.7. The first-order valence-electron chi connectivity index (χ1n) is 26.7. The van der Waals surface area contributed by atoms with E-state index >= 15 is 0 Å². The van der Waals surface area contributed by atoms with Gasteiger partial charge in [-0.15, -0.1) is 0 Å². The standard InChI is InChI=1S/C74H50N4/c1-3-27-57(28-4-1)75(69-37-17-25-53-21-9-13-33-65(53)69)59-39-43-61(44-40-59)77-71-47-56-50-74(68-36-16-24-52-20-8-12-32-64(52)68)78(72(56)48-55(71)49-73(77)67-35-15-23-51-19-7-11-31-63(51)67)62-45-41-60(42-46-62)76(58-29-5-2-6-30-58)70-38-18-26-54-22-10-14-34-66(54)70/h1-50H. The fraction of sp³-hybridized carbons (Fsp3) is 0. The van der Waals surface area contributed by atoms with E-state index in [-0.39, 0.29) is 0 Å². The molecule has 0 aliphatic rings. The van der Waals surface area contributed by atoms with Gasteiger partial charge >= 0.3 is 0 Å². The van der Waals surface area contributed by atoms with E-state index in [1.54, 1.807) is 0 Å². The van der Waals surface area contributed by atoms with Gasteiger partial charge in [-0.05, 0) is 142 Å². The third-order valence-electron chi connectivity index (χ3n) is 15.6. The Morgan fingerprint density at radius 3 is 0.923 bits per heavy atom. The monoisotopic (exact) mass is 994 g/mol. The van der Waals surface area contributed by atoms with Gasteiger partial charge < -0.3 is 18.9 Å². The smallest absolute Gasteiger partial charge is 0.0547 e. The molecule has 0 radical (unpaired) electrons. The molecular formula is C74H50N4. The van der Waals surface area contributed by atoms with Crippen molar-refractivity contribution in [2.45, 2.75) is 0 Å². The lowest BCUT2D eigenvalue weighted by atomic mass is 10.0. The molecule has 2 heterocycles. The molecule has 0 bridgehead atoms. The van der Waals surface area contributed by atoms with Crippen LogP contribution in [0.5, 0.6) is 0 Å². The van der Waals surface area contributed by atoms with Gasteiger partial charge in [0.05, 0.1) is 33.8 Å². The number of fused-ring (bicyclic) bond motifs is 6. The lowest BCUT2D eigenvalue weighted by Crippen LogP contribution is -2.10. The highest BCUT2D eigenvalue weighted by molar-refractivity contribution is 6.07. The van der Waals surface area contributed by atoms with Crippen LogP contribution in [0.15, 0.2) is 303 Å². The lowest BCUT2D eigenvalue weighted by molar-refractivity contribution is 1.13. The van der Waals surface area contributed by atoms with E-state index in [1.165, 1.54) is 54.2 Å². The van der Waals surface area contributed by atoms with Crippen molar-refractivity contribution in [2.75, 3.05) is 9.80 Å². The Morgan fingerprint density at radius 1 is 0.218 bits per heavy atom. The molecule has 0 amide bonds. The van der Waals surface area contributed by atoms with Crippen LogP contribution in [0.1, 0.15) is 0 Å². The molecule has 4 nitrogen and oxygen atoms in total. The Morgan fingerprint density at radius 2 is 0.526 bits per heavy atom. The zero-order valence-electron chi connectivity index (χ0n) is 42.7. The molecule has 15 rings (SSSR count). The van der Waals surface area contributed by atoms with Crippen LogP contribution in [-0.4, -0.2) is 9.13 Å². The van der Waals surface area contributed by atoms with Crippen molar-refractivity contribution in [1.82, 2.24) is 9.13 Å². The highest BCUT2D eigenvalue weighted by Crippen LogP contribution is 2.45. The summed E-state index contributed by atoms with van der Waals surface area (Å²) < 4.78 is 4.94.